The van der Waals surface area contributed by atoms with Crippen molar-refractivity contribution < 1.29 is 4.52 Å². The summed E-state index contributed by atoms with van der Waals surface area (Å²) in [6.45, 7) is 5.95. The maximum atomic E-state index is 5.81. The van der Waals surface area contributed by atoms with Gasteiger partial charge in [-0.3, -0.25) is 0 Å². The van der Waals surface area contributed by atoms with Crippen molar-refractivity contribution in [3.63, 3.8) is 0 Å². The molecule has 0 radical (unpaired) electrons. The number of rotatable bonds is 0. The van der Waals surface area contributed by atoms with Crippen LogP contribution in [0.5, 0.6) is 0 Å². The zero-order chi connectivity index (χ0) is 8.65. The van der Waals surface area contributed by atoms with Crippen molar-refractivity contribution in [3.8, 4) is 0 Å². The highest BCUT2D eigenvalue weighted by molar-refractivity contribution is 6.33. The van der Waals surface area contributed by atoms with Gasteiger partial charge in [-0.15, -0.1) is 0 Å². The number of halogens is 1. The van der Waals surface area contributed by atoms with E-state index in [1.807, 2.05) is 20.8 Å². The average molecular weight is 175 g/mol. The van der Waals surface area contributed by atoms with Gasteiger partial charge in [0.15, 0.2) is 11.6 Å². The second kappa shape index (κ2) is 2.41. The minimum Gasteiger partial charge on any atom is -0.380 e. The lowest BCUT2D eigenvalue weighted by atomic mass is 9.93. The first kappa shape index (κ1) is 8.40. The number of nitrogens with zero attached hydrogens (tertiary/aromatic N) is 1. The van der Waals surface area contributed by atoms with Crippen molar-refractivity contribution in [2.45, 2.75) is 26.2 Å². The molecule has 62 valence electrons. The van der Waals surface area contributed by atoms with E-state index < -0.39 is 0 Å². The standard InChI is InChI=1S/C7H11ClN2O/c1-7(2,3)5-4(8)6(9)10-11-5/h1-3H3,(H2,9,10). The normalized spacial score (nSPS) is 12.0. The lowest BCUT2D eigenvalue weighted by Crippen LogP contribution is -2.10. The van der Waals surface area contributed by atoms with Crippen molar-refractivity contribution in [1.29, 1.82) is 0 Å². The van der Waals surface area contributed by atoms with Gasteiger partial charge in [0.1, 0.15) is 5.02 Å². The van der Waals surface area contributed by atoms with Gasteiger partial charge in [0.05, 0.1) is 0 Å². The molecule has 0 aromatic carbocycles. The molecular weight excluding hydrogens is 164 g/mol. The fraction of sp³-hybridized carbons (Fsp3) is 0.571. The molecule has 11 heavy (non-hydrogen) atoms. The molecular formula is C7H11ClN2O. The zero-order valence-electron chi connectivity index (χ0n) is 6.81. The number of anilines is 1. The van der Waals surface area contributed by atoms with Gasteiger partial charge in [0, 0.05) is 5.41 Å². The highest BCUT2D eigenvalue weighted by Gasteiger charge is 2.24. The Bertz CT molecular complexity index is 262. The number of nitrogens with two attached hydrogens (primary N) is 1. The minimum atomic E-state index is -0.137. The fourth-order valence-corrected chi connectivity index (χ4v) is 1.11. The fourth-order valence-electron chi connectivity index (χ4n) is 0.757. The number of hydrogen-bond acceptors (Lipinski definition) is 3. The molecule has 0 fully saturated rings. The Hall–Kier alpha value is -0.700. The molecule has 0 aliphatic carbocycles. The highest BCUT2D eigenvalue weighted by atomic mass is 35.5. The van der Waals surface area contributed by atoms with Gasteiger partial charge in [-0.1, -0.05) is 37.5 Å². The van der Waals surface area contributed by atoms with Crippen LogP contribution >= 0.6 is 11.6 Å². The van der Waals surface area contributed by atoms with Crippen LogP contribution in [0.25, 0.3) is 0 Å². The molecule has 4 heteroatoms. The Kier molecular flexibility index (Phi) is 1.84. The summed E-state index contributed by atoms with van der Waals surface area (Å²) >= 11 is 5.81. The summed E-state index contributed by atoms with van der Waals surface area (Å²) in [7, 11) is 0. The van der Waals surface area contributed by atoms with E-state index in [1.165, 1.54) is 0 Å². The lowest BCUT2D eigenvalue weighted by Gasteiger charge is -2.13. The SMILES string of the molecule is CC(C)(C)c1onc(N)c1Cl. The third-order valence-corrected chi connectivity index (χ3v) is 1.71. The van der Waals surface area contributed by atoms with Crippen molar-refractivity contribution in [2.24, 2.45) is 0 Å². The predicted octanol–water partition coefficient (Wildman–Crippen LogP) is 2.21. The van der Waals surface area contributed by atoms with Gasteiger partial charge >= 0.3 is 0 Å². The molecule has 0 atom stereocenters. The Morgan fingerprint density at radius 2 is 2.00 bits per heavy atom. The van der Waals surface area contributed by atoms with Crippen molar-refractivity contribution >= 4 is 17.4 Å². The zero-order valence-corrected chi connectivity index (χ0v) is 7.57. The molecule has 0 aliphatic rings. The molecule has 0 spiro atoms. The van der Waals surface area contributed by atoms with Crippen molar-refractivity contribution in [3.05, 3.63) is 10.8 Å². The summed E-state index contributed by atoms with van der Waals surface area (Å²) in [6, 6.07) is 0. The van der Waals surface area contributed by atoms with Crippen molar-refractivity contribution in [2.75, 3.05) is 5.73 Å². The van der Waals surface area contributed by atoms with E-state index in [-0.39, 0.29) is 11.2 Å². The van der Waals surface area contributed by atoms with Gasteiger partial charge in [0.2, 0.25) is 0 Å². The van der Waals surface area contributed by atoms with Gasteiger partial charge in [-0.05, 0) is 0 Å². The van der Waals surface area contributed by atoms with Crippen LogP contribution in [0.1, 0.15) is 26.5 Å². The van der Waals surface area contributed by atoms with Gasteiger partial charge < -0.3 is 10.3 Å². The van der Waals surface area contributed by atoms with Crippen LogP contribution in [0.3, 0.4) is 0 Å². The molecule has 2 N–H and O–H groups in total. The number of hydrogen-bond donors (Lipinski definition) is 1. The van der Waals surface area contributed by atoms with E-state index in [9.17, 15) is 0 Å². The third kappa shape index (κ3) is 1.48. The quantitative estimate of drug-likeness (QED) is 0.656. The smallest absolute Gasteiger partial charge is 0.186 e. The monoisotopic (exact) mass is 174 g/mol. The maximum absolute atomic E-state index is 5.81. The summed E-state index contributed by atoms with van der Waals surface area (Å²) in [4.78, 5) is 0. The summed E-state index contributed by atoms with van der Waals surface area (Å²) in [5.74, 6) is 0.897. The molecule has 0 saturated heterocycles. The van der Waals surface area contributed by atoms with E-state index in [1.54, 1.807) is 0 Å². The van der Waals surface area contributed by atoms with Crippen LogP contribution in [0, 0.1) is 0 Å². The van der Waals surface area contributed by atoms with Crippen LogP contribution in [0.4, 0.5) is 5.82 Å². The van der Waals surface area contributed by atoms with E-state index in [0.29, 0.717) is 10.8 Å². The molecule has 0 saturated carbocycles. The molecule has 1 aromatic rings. The molecule has 1 aromatic heterocycles. The van der Waals surface area contributed by atoms with Gasteiger partial charge in [-0.25, -0.2) is 0 Å². The van der Waals surface area contributed by atoms with E-state index in [4.69, 9.17) is 21.9 Å². The van der Waals surface area contributed by atoms with Gasteiger partial charge in [-0.2, -0.15) is 0 Å². The third-order valence-electron chi connectivity index (χ3n) is 1.34. The lowest BCUT2D eigenvalue weighted by molar-refractivity contribution is 0.331. The Balaban J connectivity index is 3.15. The Morgan fingerprint density at radius 3 is 2.18 bits per heavy atom. The molecule has 0 amide bonds. The van der Waals surface area contributed by atoms with Crippen LogP contribution in [-0.4, -0.2) is 5.16 Å². The first-order chi connectivity index (χ1) is 4.93. The molecule has 1 heterocycles. The average Bonchev–Trinajstić information content (AvgIpc) is 2.11. The predicted molar refractivity (Wildman–Crippen MR) is 44.6 cm³/mol. The van der Waals surface area contributed by atoms with E-state index in [0.717, 1.165) is 0 Å². The van der Waals surface area contributed by atoms with Crippen LogP contribution in [0.15, 0.2) is 4.52 Å². The molecule has 3 nitrogen and oxygen atoms in total. The second-order valence-electron chi connectivity index (χ2n) is 3.46. The molecule has 0 unspecified atom stereocenters. The summed E-state index contributed by atoms with van der Waals surface area (Å²) in [5, 5.41) is 3.98. The molecule has 0 aliphatic heterocycles. The maximum Gasteiger partial charge on any atom is 0.186 e. The molecule has 1 rings (SSSR count). The second-order valence-corrected chi connectivity index (χ2v) is 3.84. The van der Waals surface area contributed by atoms with Crippen LogP contribution in [0.2, 0.25) is 5.02 Å². The number of aromatic nitrogens is 1. The molecule has 0 bridgehead atoms. The highest BCUT2D eigenvalue weighted by Crippen LogP contribution is 2.32. The van der Waals surface area contributed by atoms with Gasteiger partial charge in [0.25, 0.3) is 0 Å². The number of nitrogen functional groups attached to an aromatic ring is 1. The van der Waals surface area contributed by atoms with E-state index in [2.05, 4.69) is 5.16 Å². The first-order valence-corrected chi connectivity index (χ1v) is 3.72. The van der Waals surface area contributed by atoms with E-state index >= 15 is 0 Å². The summed E-state index contributed by atoms with van der Waals surface area (Å²) in [6.07, 6.45) is 0. The van der Waals surface area contributed by atoms with Crippen LogP contribution in [-0.2, 0) is 5.41 Å². The first-order valence-electron chi connectivity index (χ1n) is 3.34. The van der Waals surface area contributed by atoms with Crippen molar-refractivity contribution in [1.82, 2.24) is 5.16 Å². The Labute approximate surface area is 70.5 Å². The summed E-state index contributed by atoms with van der Waals surface area (Å²) in [5.41, 5.74) is 5.26. The largest absolute Gasteiger partial charge is 0.380 e. The Morgan fingerprint density at radius 1 is 1.45 bits per heavy atom. The topological polar surface area (TPSA) is 52.0 Å². The minimum absolute atomic E-state index is 0.137. The van der Waals surface area contributed by atoms with Crippen LogP contribution < -0.4 is 5.73 Å². The summed E-state index contributed by atoms with van der Waals surface area (Å²) < 4.78 is 4.95.